The van der Waals surface area contributed by atoms with Crippen LogP contribution in [0.1, 0.15) is 10.4 Å². The largest absolute Gasteiger partial charge is 0.435 e. The molecule has 0 fully saturated rings. The lowest BCUT2D eigenvalue weighted by Gasteiger charge is -1.99. The van der Waals surface area contributed by atoms with Crippen LogP contribution in [0.5, 0.6) is 0 Å². The number of rotatable bonds is 3. The molecule has 1 rings (SSSR count). The molecule has 0 bridgehead atoms. The van der Waals surface area contributed by atoms with Crippen molar-refractivity contribution in [3.8, 4) is 0 Å². The molecule has 0 unspecified atom stereocenters. The molecule has 0 amide bonds. The predicted octanol–water partition coefficient (Wildman–Crippen LogP) is 0.701. The molecule has 0 atom stereocenters. The Kier molecular flexibility index (Phi) is 3.14. The lowest BCUT2D eigenvalue weighted by atomic mass is 10.2. The Morgan fingerprint density at radius 2 is 2.29 bits per heavy atom. The van der Waals surface area contributed by atoms with Crippen molar-refractivity contribution in [2.45, 2.75) is 0 Å². The average Bonchev–Trinajstić information content (AvgIpc) is 2.18. The van der Waals surface area contributed by atoms with Crippen LogP contribution in [0.15, 0.2) is 24.3 Å². The van der Waals surface area contributed by atoms with Gasteiger partial charge in [-0.05, 0) is 6.07 Å². The Labute approximate surface area is 78.9 Å². The Bertz CT molecular complexity index is 363. The lowest BCUT2D eigenvalue weighted by Crippen LogP contribution is -2.06. The molecule has 0 aliphatic heterocycles. The highest BCUT2D eigenvalue weighted by molar-refractivity contribution is 5.90. The van der Waals surface area contributed by atoms with Crippen LogP contribution >= 0.6 is 0 Å². The van der Waals surface area contributed by atoms with Gasteiger partial charge in [0.05, 0.1) is 10.5 Å². The summed E-state index contributed by atoms with van der Waals surface area (Å²) in [6.07, 6.45) is 0. The first-order valence-electron chi connectivity index (χ1n) is 3.67. The Hall–Kier alpha value is -1.95. The Morgan fingerprint density at radius 1 is 1.57 bits per heavy atom. The second kappa shape index (κ2) is 4.33. The molecular formula is C8H7NO5. The van der Waals surface area contributed by atoms with Crippen molar-refractivity contribution < 1.29 is 19.6 Å². The van der Waals surface area contributed by atoms with E-state index >= 15 is 0 Å². The van der Waals surface area contributed by atoms with E-state index in [-0.39, 0.29) is 11.3 Å². The van der Waals surface area contributed by atoms with Gasteiger partial charge in [-0.25, -0.2) is 4.79 Å². The number of hydrogen-bond acceptors (Lipinski definition) is 5. The molecule has 0 radical (unpaired) electrons. The summed E-state index contributed by atoms with van der Waals surface area (Å²) in [5, 5.41) is 18.6. The van der Waals surface area contributed by atoms with E-state index < -0.39 is 17.7 Å². The summed E-state index contributed by atoms with van der Waals surface area (Å²) < 4.78 is 4.26. The number of nitro groups is 1. The first-order valence-corrected chi connectivity index (χ1v) is 3.67. The minimum Gasteiger partial charge on any atom is -0.435 e. The quantitative estimate of drug-likeness (QED) is 0.333. The highest BCUT2D eigenvalue weighted by atomic mass is 16.6. The standard InChI is InChI=1S/C8H7NO5/c10-5-14-8(11)6-2-1-3-7(4-6)9(12)13/h1-4,10H,5H2. The molecule has 0 spiro atoms. The van der Waals surface area contributed by atoms with Gasteiger partial charge in [-0.2, -0.15) is 0 Å². The SMILES string of the molecule is O=C(OCO)c1cccc([N+](=O)[O-])c1. The minimum absolute atomic E-state index is 0.0354. The third-order valence-corrected chi connectivity index (χ3v) is 1.49. The van der Waals surface area contributed by atoms with Crippen molar-refractivity contribution in [1.29, 1.82) is 0 Å². The van der Waals surface area contributed by atoms with Crippen LogP contribution in [-0.2, 0) is 4.74 Å². The molecule has 0 aliphatic rings. The number of carbonyl (C=O) groups is 1. The molecule has 6 heteroatoms. The maximum absolute atomic E-state index is 11.0. The van der Waals surface area contributed by atoms with Crippen LogP contribution in [0, 0.1) is 10.1 Å². The van der Waals surface area contributed by atoms with Crippen LogP contribution in [-0.4, -0.2) is 22.8 Å². The normalized spacial score (nSPS) is 9.50. The van der Waals surface area contributed by atoms with Gasteiger partial charge in [0.1, 0.15) is 0 Å². The second-order valence-corrected chi connectivity index (χ2v) is 2.37. The molecule has 0 aliphatic carbocycles. The summed E-state index contributed by atoms with van der Waals surface area (Å²) in [5.41, 5.74) is -0.161. The zero-order valence-corrected chi connectivity index (χ0v) is 7.04. The fraction of sp³-hybridized carbons (Fsp3) is 0.125. The summed E-state index contributed by atoms with van der Waals surface area (Å²) in [7, 11) is 0. The summed E-state index contributed by atoms with van der Waals surface area (Å²) in [5.74, 6) is -0.795. The fourth-order valence-corrected chi connectivity index (χ4v) is 0.888. The molecule has 0 saturated heterocycles. The average molecular weight is 197 g/mol. The summed E-state index contributed by atoms with van der Waals surface area (Å²) >= 11 is 0. The zero-order chi connectivity index (χ0) is 10.6. The van der Waals surface area contributed by atoms with Gasteiger partial charge in [-0.15, -0.1) is 0 Å². The highest BCUT2D eigenvalue weighted by Gasteiger charge is 2.11. The van der Waals surface area contributed by atoms with Gasteiger partial charge in [0.2, 0.25) is 0 Å². The fourth-order valence-electron chi connectivity index (χ4n) is 0.888. The maximum atomic E-state index is 11.0. The number of hydrogen-bond donors (Lipinski definition) is 1. The molecule has 1 aromatic carbocycles. The molecule has 0 heterocycles. The van der Waals surface area contributed by atoms with Crippen molar-refractivity contribution in [2.75, 3.05) is 6.79 Å². The molecule has 1 aromatic rings. The van der Waals surface area contributed by atoms with Gasteiger partial charge in [0, 0.05) is 12.1 Å². The number of carbonyl (C=O) groups excluding carboxylic acids is 1. The Morgan fingerprint density at radius 3 is 2.86 bits per heavy atom. The predicted molar refractivity (Wildman–Crippen MR) is 45.6 cm³/mol. The van der Waals surface area contributed by atoms with Gasteiger partial charge in [-0.3, -0.25) is 10.1 Å². The maximum Gasteiger partial charge on any atom is 0.340 e. The molecule has 74 valence electrons. The summed E-state index contributed by atoms with van der Waals surface area (Å²) in [6.45, 7) is -0.748. The zero-order valence-electron chi connectivity index (χ0n) is 7.04. The number of nitro benzene ring substituents is 1. The first kappa shape index (κ1) is 10.1. The monoisotopic (exact) mass is 197 g/mol. The van der Waals surface area contributed by atoms with E-state index in [1.807, 2.05) is 0 Å². The smallest absolute Gasteiger partial charge is 0.340 e. The number of nitrogens with zero attached hydrogens (tertiary/aromatic N) is 1. The molecule has 6 nitrogen and oxygen atoms in total. The molecule has 0 aromatic heterocycles. The van der Waals surface area contributed by atoms with Crippen molar-refractivity contribution >= 4 is 11.7 Å². The van der Waals surface area contributed by atoms with Crippen LogP contribution in [0.4, 0.5) is 5.69 Å². The van der Waals surface area contributed by atoms with Crippen LogP contribution in [0.2, 0.25) is 0 Å². The highest BCUT2D eigenvalue weighted by Crippen LogP contribution is 2.13. The van der Waals surface area contributed by atoms with E-state index in [9.17, 15) is 14.9 Å². The molecule has 1 N–H and O–H groups in total. The van der Waals surface area contributed by atoms with Gasteiger partial charge in [0.25, 0.3) is 5.69 Å². The number of esters is 1. The number of non-ortho nitro benzene ring substituents is 1. The third-order valence-electron chi connectivity index (χ3n) is 1.49. The molecular weight excluding hydrogens is 190 g/mol. The van der Waals surface area contributed by atoms with E-state index in [1.165, 1.54) is 18.2 Å². The Balaban J connectivity index is 2.93. The van der Waals surface area contributed by atoms with Crippen LogP contribution in [0.3, 0.4) is 0 Å². The number of benzene rings is 1. The minimum atomic E-state index is -0.795. The van der Waals surface area contributed by atoms with Crippen molar-refractivity contribution in [3.63, 3.8) is 0 Å². The van der Waals surface area contributed by atoms with Gasteiger partial charge in [0.15, 0.2) is 6.79 Å². The first-order chi connectivity index (χ1) is 6.65. The van der Waals surface area contributed by atoms with E-state index in [1.54, 1.807) is 0 Å². The molecule has 0 saturated carbocycles. The van der Waals surface area contributed by atoms with Crippen molar-refractivity contribution in [1.82, 2.24) is 0 Å². The second-order valence-electron chi connectivity index (χ2n) is 2.37. The number of aliphatic hydroxyl groups excluding tert-OH is 1. The van der Waals surface area contributed by atoms with E-state index in [2.05, 4.69) is 4.74 Å². The lowest BCUT2D eigenvalue weighted by molar-refractivity contribution is -0.384. The van der Waals surface area contributed by atoms with Crippen LogP contribution < -0.4 is 0 Å². The van der Waals surface area contributed by atoms with E-state index in [0.717, 1.165) is 6.07 Å². The van der Waals surface area contributed by atoms with E-state index in [0.29, 0.717) is 0 Å². The van der Waals surface area contributed by atoms with Crippen molar-refractivity contribution in [2.24, 2.45) is 0 Å². The van der Waals surface area contributed by atoms with Crippen molar-refractivity contribution in [3.05, 3.63) is 39.9 Å². The van der Waals surface area contributed by atoms with Gasteiger partial charge < -0.3 is 9.84 Å². The number of aliphatic hydroxyl groups is 1. The third kappa shape index (κ3) is 2.27. The summed E-state index contributed by atoms with van der Waals surface area (Å²) in [6, 6.07) is 5.07. The number of ether oxygens (including phenoxy) is 1. The van der Waals surface area contributed by atoms with Gasteiger partial charge >= 0.3 is 5.97 Å². The topological polar surface area (TPSA) is 89.7 Å². The molecule has 14 heavy (non-hydrogen) atoms. The van der Waals surface area contributed by atoms with E-state index in [4.69, 9.17) is 5.11 Å². The van der Waals surface area contributed by atoms with Crippen LogP contribution in [0.25, 0.3) is 0 Å². The van der Waals surface area contributed by atoms with Gasteiger partial charge in [-0.1, -0.05) is 6.07 Å². The summed E-state index contributed by atoms with van der Waals surface area (Å²) in [4.78, 5) is 20.7.